The van der Waals surface area contributed by atoms with Gasteiger partial charge in [0.05, 0.1) is 23.1 Å². The molecule has 3 aliphatic carbocycles. The van der Waals surface area contributed by atoms with E-state index < -0.39 is 12.2 Å². The van der Waals surface area contributed by atoms with Gasteiger partial charge in [-0.05, 0) is 124 Å². The van der Waals surface area contributed by atoms with Crippen LogP contribution in [0.25, 0.3) is 10.4 Å². The molecular weight excluding hydrogens is 598 g/mol. The summed E-state index contributed by atoms with van der Waals surface area (Å²) in [6, 6.07) is 15.0. The monoisotopic (exact) mass is 645 g/mol. The Bertz CT molecular complexity index is 1500. The smallest absolute Gasteiger partial charge is 0.404 e. The van der Waals surface area contributed by atoms with E-state index in [-0.39, 0.29) is 24.3 Å². The fourth-order valence-corrected chi connectivity index (χ4v) is 8.54. The van der Waals surface area contributed by atoms with Crippen LogP contribution in [0.5, 0.6) is 5.75 Å². The summed E-state index contributed by atoms with van der Waals surface area (Å²) in [4.78, 5) is 33.3. The first kappa shape index (κ1) is 32.5. The highest BCUT2D eigenvalue weighted by atomic mass is 32.1. The zero-order chi connectivity index (χ0) is 32.2. The number of aliphatic hydroxyl groups is 1. The minimum atomic E-state index is -0.879. The standard InChI is InChI=1S/C37H47N3O5S/c1-23-18-29(16-17-33(23)44-2)25-8-6-24(7-9-25)21-40(36(42)28-14-10-26(11-15-28)32(41)22-45-37(38)43)31-5-3-4-30(19-31)34-20-39-35(46-34)27-12-13-27/h3-5,16-20,24-28,32,41H,6-15,21-22H2,1-2H3,(H2,38,43)/t24-,25-,26-,28-,32?. The Hall–Kier alpha value is -3.43. The number of methoxy groups -OCH3 is 1. The molecule has 8 nitrogen and oxygen atoms in total. The molecule has 9 heteroatoms. The van der Waals surface area contributed by atoms with Crippen molar-refractivity contribution >= 4 is 29.0 Å². The van der Waals surface area contributed by atoms with Gasteiger partial charge in [0.15, 0.2) is 0 Å². The number of carbonyl (C=O) groups excluding carboxylic acids is 2. The number of hydrogen-bond acceptors (Lipinski definition) is 7. The molecule has 1 unspecified atom stereocenters. The number of aliphatic hydroxyl groups excluding tert-OH is 1. The number of ether oxygens (including phenoxy) is 2. The van der Waals surface area contributed by atoms with Crippen molar-refractivity contribution in [1.82, 2.24) is 4.98 Å². The van der Waals surface area contributed by atoms with Crippen LogP contribution in [-0.4, -0.2) is 48.5 Å². The number of benzene rings is 2. The molecule has 0 bridgehead atoms. The summed E-state index contributed by atoms with van der Waals surface area (Å²) in [5, 5.41) is 11.8. The van der Waals surface area contributed by atoms with Crippen molar-refractivity contribution in [1.29, 1.82) is 0 Å². The van der Waals surface area contributed by atoms with Crippen molar-refractivity contribution in [2.24, 2.45) is 23.5 Å². The lowest BCUT2D eigenvalue weighted by atomic mass is 9.77. The lowest BCUT2D eigenvalue weighted by molar-refractivity contribution is -0.124. The van der Waals surface area contributed by atoms with E-state index in [0.29, 0.717) is 50.0 Å². The number of thiazole rings is 1. The molecule has 3 aliphatic rings. The topological polar surface area (TPSA) is 115 Å². The first-order chi connectivity index (χ1) is 22.3. The molecule has 2 aromatic carbocycles. The molecule has 2 amide bonds. The van der Waals surface area contributed by atoms with Gasteiger partial charge in [0.25, 0.3) is 0 Å². The van der Waals surface area contributed by atoms with E-state index in [1.165, 1.54) is 29.0 Å². The Morgan fingerprint density at radius 1 is 1.00 bits per heavy atom. The van der Waals surface area contributed by atoms with Crippen molar-refractivity contribution in [2.45, 2.75) is 89.1 Å². The molecule has 6 rings (SSSR count). The normalized spacial score (nSPS) is 23.8. The van der Waals surface area contributed by atoms with Gasteiger partial charge >= 0.3 is 6.09 Å². The quantitative estimate of drug-likeness (QED) is 0.222. The number of nitrogens with two attached hydrogens (primary N) is 1. The summed E-state index contributed by atoms with van der Waals surface area (Å²) in [5.41, 5.74) is 9.70. The number of amides is 2. The summed E-state index contributed by atoms with van der Waals surface area (Å²) >= 11 is 1.77. The Balaban J connectivity index is 1.16. The summed E-state index contributed by atoms with van der Waals surface area (Å²) in [5.74, 6) is 2.57. The summed E-state index contributed by atoms with van der Waals surface area (Å²) in [7, 11) is 1.72. The molecule has 3 aromatic rings. The Morgan fingerprint density at radius 2 is 1.74 bits per heavy atom. The second kappa shape index (κ2) is 14.6. The third-order valence-corrected chi connectivity index (χ3v) is 11.6. The number of primary amides is 1. The molecule has 3 saturated carbocycles. The van der Waals surface area contributed by atoms with Gasteiger partial charge in [0.1, 0.15) is 12.4 Å². The third-order valence-electron chi connectivity index (χ3n) is 10.4. The van der Waals surface area contributed by atoms with Crippen LogP contribution in [0.15, 0.2) is 48.7 Å². The average Bonchev–Trinajstić information content (AvgIpc) is 3.81. The first-order valence-electron chi connectivity index (χ1n) is 16.9. The fourth-order valence-electron chi connectivity index (χ4n) is 7.46. The van der Waals surface area contributed by atoms with Crippen molar-refractivity contribution in [3.63, 3.8) is 0 Å². The Kier molecular flexibility index (Phi) is 10.3. The lowest BCUT2D eigenvalue weighted by Crippen LogP contribution is -2.42. The highest BCUT2D eigenvalue weighted by Crippen LogP contribution is 2.44. The molecular formula is C37H47N3O5S. The third kappa shape index (κ3) is 7.74. The second-order valence-electron chi connectivity index (χ2n) is 13.6. The zero-order valence-corrected chi connectivity index (χ0v) is 27.8. The molecule has 3 fully saturated rings. The van der Waals surface area contributed by atoms with Crippen LogP contribution in [0, 0.1) is 24.7 Å². The van der Waals surface area contributed by atoms with Gasteiger partial charge in [-0.25, -0.2) is 9.78 Å². The maximum Gasteiger partial charge on any atom is 0.404 e. The molecule has 1 heterocycles. The number of nitrogens with zero attached hydrogens (tertiary/aromatic N) is 2. The van der Waals surface area contributed by atoms with E-state index >= 15 is 0 Å². The number of aromatic nitrogens is 1. The predicted octanol–water partition coefficient (Wildman–Crippen LogP) is 7.57. The first-order valence-corrected chi connectivity index (χ1v) is 17.7. The molecule has 46 heavy (non-hydrogen) atoms. The predicted molar refractivity (Wildman–Crippen MR) is 181 cm³/mol. The van der Waals surface area contributed by atoms with Gasteiger partial charge in [-0.2, -0.15) is 0 Å². The maximum atomic E-state index is 14.4. The van der Waals surface area contributed by atoms with Crippen LogP contribution in [0.3, 0.4) is 0 Å². The molecule has 3 N–H and O–H groups in total. The van der Waals surface area contributed by atoms with Crippen molar-refractivity contribution in [2.75, 3.05) is 25.2 Å². The van der Waals surface area contributed by atoms with E-state index in [2.05, 4.69) is 54.3 Å². The van der Waals surface area contributed by atoms with E-state index in [1.807, 2.05) is 6.20 Å². The number of carbonyl (C=O) groups is 2. The summed E-state index contributed by atoms with van der Waals surface area (Å²) in [6.07, 6.45) is 10.0. The van der Waals surface area contributed by atoms with Crippen molar-refractivity contribution < 1.29 is 24.2 Å². The van der Waals surface area contributed by atoms with Gasteiger partial charge < -0.3 is 25.2 Å². The van der Waals surface area contributed by atoms with Crippen LogP contribution in [-0.2, 0) is 9.53 Å². The average molecular weight is 646 g/mol. The minimum Gasteiger partial charge on any atom is -0.496 e. The number of hydrogen-bond donors (Lipinski definition) is 2. The van der Waals surface area contributed by atoms with Crippen LogP contribution in [0.1, 0.15) is 92.2 Å². The van der Waals surface area contributed by atoms with Crippen LogP contribution >= 0.6 is 11.3 Å². The van der Waals surface area contributed by atoms with Crippen molar-refractivity contribution in [3.8, 4) is 16.2 Å². The number of rotatable bonds is 11. The second-order valence-corrected chi connectivity index (χ2v) is 14.7. The van der Waals surface area contributed by atoms with E-state index in [9.17, 15) is 14.7 Å². The van der Waals surface area contributed by atoms with Gasteiger partial charge in [-0.1, -0.05) is 24.3 Å². The molecule has 1 aromatic heterocycles. The fraction of sp³-hybridized carbons (Fsp3) is 0.541. The zero-order valence-electron chi connectivity index (χ0n) is 27.0. The summed E-state index contributed by atoms with van der Waals surface area (Å²) < 4.78 is 10.3. The molecule has 1 atom stereocenters. The minimum absolute atomic E-state index is 0.0101. The highest BCUT2D eigenvalue weighted by molar-refractivity contribution is 7.15. The van der Waals surface area contributed by atoms with Crippen molar-refractivity contribution in [3.05, 3.63) is 64.8 Å². The molecule has 0 aliphatic heterocycles. The van der Waals surface area contributed by atoms with Gasteiger partial charge in [0, 0.05) is 30.3 Å². The largest absolute Gasteiger partial charge is 0.496 e. The number of anilines is 1. The maximum absolute atomic E-state index is 14.4. The lowest BCUT2D eigenvalue weighted by Gasteiger charge is -2.37. The molecule has 0 spiro atoms. The van der Waals surface area contributed by atoms with Gasteiger partial charge in [-0.15, -0.1) is 11.3 Å². The molecule has 246 valence electrons. The molecule has 0 saturated heterocycles. The van der Waals surface area contributed by atoms with Crippen LogP contribution < -0.4 is 15.4 Å². The number of aryl methyl sites for hydroxylation is 1. The SMILES string of the molecule is COc1ccc([C@H]2CC[C@H](CN(c3cccc(-c4cnc(C5CC5)s4)c3)C(=O)[C@H]3CC[C@H](C(O)COC(N)=O)CC3)CC2)cc1C. The van der Waals surface area contributed by atoms with E-state index in [4.69, 9.17) is 20.2 Å². The Labute approximate surface area is 276 Å². The van der Waals surface area contributed by atoms with E-state index in [1.54, 1.807) is 18.4 Å². The van der Waals surface area contributed by atoms with Crippen LogP contribution in [0.2, 0.25) is 0 Å². The van der Waals surface area contributed by atoms with Gasteiger partial charge in [0.2, 0.25) is 5.91 Å². The summed E-state index contributed by atoms with van der Waals surface area (Å²) in [6.45, 7) is 2.71. The van der Waals surface area contributed by atoms with Gasteiger partial charge in [-0.3, -0.25) is 4.79 Å². The van der Waals surface area contributed by atoms with Crippen LogP contribution in [0.4, 0.5) is 10.5 Å². The highest BCUT2D eigenvalue weighted by Gasteiger charge is 2.35. The Morgan fingerprint density at radius 3 is 2.41 bits per heavy atom. The molecule has 0 radical (unpaired) electrons. The van der Waals surface area contributed by atoms with E-state index in [0.717, 1.165) is 47.6 Å².